The average Bonchev–Trinajstić information content (AvgIpc) is 2.20. The number of carbonyl (C=O) groups is 1. The van der Waals surface area contributed by atoms with E-state index in [0.717, 1.165) is 12.8 Å². The second kappa shape index (κ2) is 11.6. The van der Waals surface area contributed by atoms with Crippen LogP contribution in [-0.4, -0.2) is 45.9 Å². The highest BCUT2D eigenvalue weighted by Crippen LogP contribution is 1.96. The van der Waals surface area contributed by atoms with Gasteiger partial charge in [0, 0.05) is 20.1 Å². The lowest BCUT2D eigenvalue weighted by molar-refractivity contribution is -0.117. The molecule has 0 bridgehead atoms. The molecule has 0 radical (unpaired) electrons. The summed E-state index contributed by atoms with van der Waals surface area (Å²) in [5.41, 5.74) is 0. The van der Waals surface area contributed by atoms with Crippen LogP contribution < -0.4 is 0 Å². The number of unbranched alkanes of at least 4 members (excludes halogenated alkanes) is 1. The highest BCUT2D eigenvalue weighted by molar-refractivity contribution is 5.75. The molecule has 0 saturated heterocycles. The number of hydrogen-bond acceptors (Lipinski definition) is 4. The van der Waals surface area contributed by atoms with Crippen molar-refractivity contribution >= 4 is 5.78 Å². The van der Waals surface area contributed by atoms with Crippen molar-refractivity contribution in [1.82, 2.24) is 0 Å². The Balaban J connectivity index is 2.89. The van der Waals surface area contributed by atoms with Crippen LogP contribution in [0.15, 0.2) is 0 Å². The van der Waals surface area contributed by atoms with Crippen LogP contribution in [0.2, 0.25) is 0 Å². The number of Topliss-reactive ketones (excluding diaryl/α,β-unsaturated/α-hetero) is 1. The molecule has 0 unspecified atom stereocenters. The van der Waals surface area contributed by atoms with Crippen molar-refractivity contribution in [2.24, 2.45) is 0 Å². The first-order valence-corrected chi connectivity index (χ1v) is 5.41. The molecule has 0 spiro atoms. The summed E-state index contributed by atoms with van der Waals surface area (Å²) >= 11 is 0. The van der Waals surface area contributed by atoms with E-state index in [-0.39, 0.29) is 5.78 Å². The van der Waals surface area contributed by atoms with Crippen LogP contribution in [-0.2, 0) is 19.0 Å². The summed E-state index contributed by atoms with van der Waals surface area (Å²) in [6.45, 7) is 4.79. The van der Waals surface area contributed by atoms with Gasteiger partial charge in [0.05, 0.1) is 26.4 Å². The Labute approximate surface area is 91.9 Å². The maximum absolute atomic E-state index is 10.6. The highest BCUT2D eigenvalue weighted by atomic mass is 16.5. The molecular formula is C11H22O4. The molecule has 0 aliphatic heterocycles. The third-order valence-corrected chi connectivity index (χ3v) is 1.87. The Morgan fingerprint density at radius 2 is 1.53 bits per heavy atom. The molecule has 0 aliphatic carbocycles. The minimum absolute atomic E-state index is 0.248. The SMILES string of the molecule is COCCOCCOCCCCC(C)=O. The monoisotopic (exact) mass is 218 g/mol. The average molecular weight is 218 g/mol. The second-order valence-corrected chi connectivity index (χ2v) is 3.38. The number of methoxy groups -OCH3 is 1. The van der Waals surface area contributed by atoms with E-state index in [1.807, 2.05) is 0 Å². The predicted octanol–water partition coefficient (Wildman–Crippen LogP) is 1.43. The van der Waals surface area contributed by atoms with Gasteiger partial charge in [0.25, 0.3) is 0 Å². The van der Waals surface area contributed by atoms with Gasteiger partial charge in [0.15, 0.2) is 0 Å². The van der Waals surface area contributed by atoms with E-state index in [2.05, 4.69) is 0 Å². The second-order valence-electron chi connectivity index (χ2n) is 3.38. The molecule has 15 heavy (non-hydrogen) atoms. The Kier molecular flexibility index (Phi) is 11.3. The Morgan fingerprint density at radius 3 is 2.13 bits per heavy atom. The fourth-order valence-electron chi connectivity index (χ4n) is 1.04. The van der Waals surface area contributed by atoms with E-state index in [1.54, 1.807) is 14.0 Å². The zero-order chi connectivity index (χ0) is 11.4. The zero-order valence-corrected chi connectivity index (χ0v) is 9.79. The van der Waals surface area contributed by atoms with Crippen molar-refractivity contribution < 1.29 is 19.0 Å². The van der Waals surface area contributed by atoms with Crippen LogP contribution in [0.5, 0.6) is 0 Å². The van der Waals surface area contributed by atoms with Gasteiger partial charge in [-0.25, -0.2) is 0 Å². The predicted molar refractivity (Wildman–Crippen MR) is 58.0 cm³/mol. The van der Waals surface area contributed by atoms with Crippen molar-refractivity contribution in [3.63, 3.8) is 0 Å². The van der Waals surface area contributed by atoms with E-state index in [9.17, 15) is 4.79 Å². The lowest BCUT2D eigenvalue weighted by Crippen LogP contribution is -2.08. The maximum atomic E-state index is 10.6. The summed E-state index contributed by atoms with van der Waals surface area (Å²) in [5.74, 6) is 0.248. The van der Waals surface area contributed by atoms with Gasteiger partial charge in [0.2, 0.25) is 0 Å². The van der Waals surface area contributed by atoms with Crippen LogP contribution >= 0.6 is 0 Å². The number of hydrogen-bond donors (Lipinski definition) is 0. The zero-order valence-electron chi connectivity index (χ0n) is 9.79. The molecule has 0 aliphatic rings. The molecule has 0 aromatic heterocycles. The van der Waals surface area contributed by atoms with Gasteiger partial charge in [0.1, 0.15) is 5.78 Å². The minimum Gasteiger partial charge on any atom is -0.382 e. The van der Waals surface area contributed by atoms with E-state index >= 15 is 0 Å². The fourth-order valence-corrected chi connectivity index (χ4v) is 1.04. The van der Waals surface area contributed by atoms with E-state index in [0.29, 0.717) is 39.5 Å². The third-order valence-electron chi connectivity index (χ3n) is 1.87. The van der Waals surface area contributed by atoms with E-state index in [1.165, 1.54) is 0 Å². The molecule has 0 rings (SSSR count). The molecule has 4 nitrogen and oxygen atoms in total. The molecule has 0 amide bonds. The summed E-state index contributed by atoms with van der Waals surface area (Å²) in [6.07, 6.45) is 2.52. The first kappa shape index (κ1) is 14.6. The Hall–Kier alpha value is -0.450. The van der Waals surface area contributed by atoms with E-state index < -0.39 is 0 Å². The molecule has 0 fully saturated rings. The molecular weight excluding hydrogens is 196 g/mol. The third kappa shape index (κ3) is 13.6. The topological polar surface area (TPSA) is 44.8 Å². The van der Waals surface area contributed by atoms with Crippen LogP contribution in [0.1, 0.15) is 26.2 Å². The van der Waals surface area contributed by atoms with Gasteiger partial charge in [-0.15, -0.1) is 0 Å². The number of ether oxygens (including phenoxy) is 3. The van der Waals surface area contributed by atoms with Gasteiger partial charge in [-0.2, -0.15) is 0 Å². The van der Waals surface area contributed by atoms with Crippen molar-refractivity contribution in [3.8, 4) is 0 Å². The van der Waals surface area contributed by atoms with Crippen LogP contribution in [0.25, 0.3) is 0 Å². The molecule has 0 saturated carbocycles. The summed E-state index contributed by atoms with van der Waals surface area (Å²) in [4.78, 5) is 10.6. The van der Waals surface area contributed by atoms with Crippen molar-refractivity contribution in [3.05, 3.63) is 0 Å². The Bertz CT molecular complexity index is 148. The van der Waals surface area contributed by atoms with Crippen molar-refractivity contribution in [2.45, 2.75) is 26.2 Å². The van der Waals surface area contributed by atoms with Crippen LogP contribution in [0.3, 0.4) is 0 Å². The lowest BCUT2D eigenvalue weighted by atomic mass is 10.2. The smallest absolute Gasteiger partial charge is 0.129 e. The van der Waals surface area contributed by atoms with Gasteiger partial charge in [-0.3, -0.25) is 0 Å². The van der Waals surface area contributed by atoms with Gasteiger partial charge < -0.3 is 19.0 Å². The fraction of sp³-hybridized carbons (Fsp3) is 0.909. The minimum atomic E-state index is 0.248. The molecule has 0 aromatic rings. The summed E-state index contributed by atoms with van der Waals surface area (Å²) < 4.78 is 15.4. The molecule has 90 valence electrons. The van der Waals surface area contributed by atoms with Crippen LogP contribution in [0.4, 0.5) is 0 Å². The van der Waals surface area contributed by atoms with Gasteiger partial charge >= 0.3 is 0 Å². The normalized spacial score (nSPS) is 10.5. The first-order chi connectivity index (χ1) is 7.27. The van der Waals surface area contributed by atoms with Gasteiger partial charge in [-0.1, -0.05) is 0 Å². The summed E-state index contributed by atoms with van der Waals surface area (Å²) in [5, 5.41) is 0. The highest BCUT2D eigenvalue weighted by Gasteiger charge is 1.94. The lowest BCUT2D eigenvalue weighted by Gasteiger charge is -2.04. The molecule has 0 N–H and O–H groups in total. The number of rotatable bonds is 11. The molecule has 4 heteroatoms. The summed E-state index contributed by atoms with van der Waals surface area (Å²) in [7, 11) is 1.65. The largest absolute Gasteiger partial charge is 0.382 e. The summed E-state index contributed by atoms with van der Waals surface area (Å²) in [6, 6.07) is 0. The Morgan fingerprint density at radius 1 is 0.933 bits per heavy atom. The maximum Gasteiger partial charge on any atom is 0.129 e. The van der Waals surface area contributed by atoms with Crippen LogP contribution in [0, 0.1) is 0 Å². The number of carbonyl (C=O) groups excluding carboxylic acids is 1. The quantitative estimate of drug-likeness (QED) is 0.492. The van der Waals surface area contributed by atoms with Crippen molar-refractivity contribution in [1.29, 1.82) is 0 Å². The van der Waals surface area contributed by atoms with Gasteiger partial charge in [-0.05, 0) is 19.8 Å². The number of ketones is 1. The standard InChI is InChI=1S/C11H22O4/c1-11(12)5-3-4-6-14-9-10-15-8-7-13-2/h3-10H2,1-2H3. The van der Waals surface area contributed by atoms with Crippen molar-refractivity contribution in [2.75, 3.05) is 40.1 Å². The van der Waals surface area contributed by atoms with E-state index in [4.69, 9.17) is 14.2 Å². The molecule has 0 aromatic carbocycles. The molecule has 0 atom stereocenters. The molecule has 0 heterocycles. The first-order valence-electron chi connectivity index (χ1n) is 5.41.